The minimum absolute atomic E-state index is 0.622. The molecule has 0 aromatic heterocycles. The van der Waals surface area contributed by atoms with E-state index >= 15 is 0 Å². The summed E-state index contributed by atoms with van der Waals surface area (Å²) in [6.45, 7) is 6.69. The van der Waals surface area contributed by atoms with Crippen LogP contribution in [0.4, 0.5) is 0 Å². The molecule has 1 atom stereocenters. The second kappa shape index (κ2) is 7.63. The average Bonchev–Trinajstić information content (AvgIpc) is 2.05. The molecule has 0 aliphatic carbocycles. The summed E-state index contributed by atoms with van der Waals surface area (Å²) in [6, 6.07) is 0. The first-order chi connectivity index (χ1) is 5.70. The van der Waals surface area contributed by atoms with Gasteiger partial charge in [-0.05, 0) is 13.0 Å². The van der Waals surface area contributed by atoms with Crippen molar-refractivity contribution in [3.63, 3.8) is 0 Å². The lowest BCUT2D eigenvalue weighted by Crippen LogP contribution is -2.24. The van der Waals surface area contributed by atoms with E-state index in [4.69, 9.17) is 11.6 Å². The largest absolute Gasteiger partial charge is 0.302 e. The normalized spacial score (nSPS) is 14.4. The highest BCUT2D eigenvalue weighted by molar-refractivity contribution is 6.18. The zero-order valence-electron chi connectivity index (χ0n) is 8.39. The fraction of sp³-hybridized carbons (Fsp3) is 0.800. The van der Waals surface area contributed by atoms with Crippen molar-refractivity contribution in [3.05, 3.63) is 12.2 Å². The van der Waals surface area contributed by atoms with Gasteiger partial charge in [-0.1, -0.05) is 32.4 Å². The van der Waals surface area contributed by atoms with E-state index in [9.17, 15) is 0 Å². The predicted molar refractivity (Wildman–Crippen MR) is 56.8 cm³/mol. The summed E-state index contributed by atoms with van der Waals surface area (Å²) in [5.74, 6) is 1.41. The number of hydrogen-bond acceptors (Lipinski definition) is 1. The van der Waals surface area contributed by atoms with Gasteiger partial charge in [0.25, 0.3) is 0 Å². The van der Waals surface area contributed by atoms with Gasteiger partial charge in [-0.3, -0.25) is 0 Å². The van der Waals surface area contributed by atoms with Crippen LogP contribution in [-0.2, 0) is 0 Å². The fourth-order valence-corrected chi connectivity index (χ4v) is 1.18. The predicted octanol–water partition coefficient (Wildman–Crippen LogP) is 2.76. The van der Waals surface area contributed by atoms with Gasteiger partial charge in [-0.25, -0.2) is 0 Å². The molecular weight excluding hydrogens is 170 g/mol. The average molecular weight is 190 g/mol. The van der Waals surface area contributed by atoms with E-state index < -0.39 is 0 Å². The molecule has 0 amide bonds. The molecule has 0 radical (unpaired) electrons. The second-order valence-electron chi connectivity index (χ2n) is 3.36. The maximum absolute atomic E-state index is 5.51. The molecule has 0 heterocycles. The third kappa shape index (κ3) is 6.68. The first-order valence-corrected chi connectivity index (χ1v) is 5.13. The van der Waals surface area contributed by atoms with Gasteiger partial charge in [0, 0.05) is 19.0 Å². The maximum atomic E-state index is 5.51. The molecule has 0 bridgehead atoms. The van der Waals surface area contributed by atoms with E-state index in [2.05, 4.69) is 31.9 Å². The molecule has 2 heteroatoms. The molecular formula is C10H20ClN. The number of rotatable bonds is 6. The molecule has 0 aromatic rings. The number of alkyl halides is 1. The van der Waals surface area contributed by atoms with Gasteiger partial charge in [-0.2, -0.15) is 0 Å². The van der Waals surface area contributed by atoms with Crippen molar-refractivity contribution in [2.24, 2.45) is 5.92 Å². The van der Waals surface area contributed by atoms with E-state index in [-0.39, 0.29) is 0 Å². The van der Waals surface area contributed by atoms with E-state index in [1.807, 2.05) is 6.08 Å². The summed E-state index contributed by atoms with van der Waals surface area (Å²) < 4.78 is 0. The molecule has 0 aliphatic heterocycles. The standard InChI is InChI=1S/C10H20ClN/c1-4-10(2)9-12(3)8-6-5-7-11/h5-6,10H,4,7-9H2,1-3H3. The molecule has 12 heavy (non-hydrogen) atoms. The number of hydrogen-bond donors (Lipinski definition) is 0. The lowest BCUT2D eigenvalue weighted by Gasteiger charge is -2.18. The summed E-state index contributed by atoms with van der Waals surface area (Å²) in [6.07, 6.45) is 5.37. The SMILES string of the molecule is CCC(C)CN(C)CC=CCCl. The Labute approximate surface area is 81.4 Å². The number of halogens is 1. The van der Waals surface area contributed by atoms with Gasteiger partial charge >= 0.3 is 0 Å². The Hall–Kier alpha value is -0.0100. The quantitative estimate of drug-likeness (QED) is 0.459. The monoisotopic (exact) mass is 189 g/mol. The van der Waals surface area contributed by atoms with Gasteiger partial charge in [0.15, 0.2) is 0 Å². The number of nitrogens with zero attached hydrogens (tertiary/aromatic N) is 1. The van der Waals surface area contributed by atoms with Crippen LogP contribution in [0.1, 0.15) is 20.3 Å². The Bertz CT molecular complexity index is 123. The fourth-order valence-electron chi connectivity index (χ4n) is 1.05. The molecule has 0 aromatic carbocycles. The lowest BCUT2D eigenvalue weighted by atomic mass is 10.1. The van der Waals surface area contributed by atoms with Crippen molar-refractivity contribution in [1.82, 2.24) is 4.90 Å². The molecule has 0 fully saturated rings. The summed E-state index contributed by atoms with van der Waals surface area (Å²) in [7, 11) is 2.14. The Morgan fingerprint density at radius 2 is 2.08 bits per heavy atom. The van der Waals surface area contributed by atoms with E-state index in [0.29, 0.717) is 5.88 Å². The molecule has 0 spiro atoms. The zero-order valence-corrected chi connectivity index (χ0v) is 9.14. The molecule has 1 nitrogen and oxygen atoms in total. The Kier molecular flexibility index (Phi) is 7.62. The van der Waals surface area contributed by atoms with Crippen molar-refractivity contribution in [3.8, 4) is 0 Å². The van der Waals surface area contributed by atoms with Crippen LogP contribution in [-0.4, -0.2) is 30.9 Å². The van der Waals surface area contributed by atoms with Crippen LogP contribution in [0, 0.1) is 5.92 Å². The molecule has 0 saturated carbocycles. The Morgan fingerprint density at radius 3 is 2.58 bits per heavy atom. The molecule has 0 N–H and O–H groups in total. The second-order valence-corrected chi connectivity index (χ2v) is 3.67. The molecule has 0 aliphatic rings. The van der Waals surface area contributed by atoms with Crippen molar-refractivity contribution in [2.75, 3.05) is 26.0 Å². The van der Waals surface area contributed by atoms with E-state index in [1.54, 1.807) is 0 Å². The van der Waals surface area contributed by atoms with Crippen molar-refractivity contribution >= 4 is 11.6 Å². The molecule has 72 valence electrons. The summed E-state index contributed by atoms with van der Waals surface area (Å²) in [5, 5.41) is 0. The van der Waals surface area contributed by atoms with Crippen LogP contribution in [0.15, 0.2) is 12.2 Å². The smallest absolute Gasteiger partial charge is 0.0404 e. The first-order valence-electron chi connectivity index (χ1n) is 4.60. The van der Waals surface area contributed by atoms with Crippen LogP contribution in [0.25, 0.3) is 0 Å². The highest BCUT2D eigenvalue weighted by Crippen LogP contribution is 2.01. The first kappa shape index (κ1) is 12.0. The van der Waals surface area contributed by atoms with Crippen LogP contribution in [0.2, 0.25) is 0 Å². The topological polar surface area (TPSA) is 3.24 Å². The van der Waals surface area contributed by atoms with Crippen LogP contribution < -0.4 is 0 Å². The summed E-state index contributed by atoms with van der Waals surface area (Å²) >= 11 is 5.51. The van der Waals surface area contributed by atoms with E-state index in [1.165, 1.54) is 13.0 Å². The van der Waals surface area contributed by atoms with Gasteiger partial charge in [0.05, 0.1) is 0 Å². The van der Waals surface area contributed by atoms with Crippen LogP contribution in [0.3, 0.4) is 0 Å². The van der Waals surface area contributed by atoms with Gasteiger partial charge in [0.2, 0.25) is 0 Å². The highest BCUT2D eigenvalue weighted by atomic mass is 35.5. The van der Waals surface area contributed by atoms with Crippen LogP contribution >= 0.6 is 11.6 Å². The summed E-state index contributed by atoms with van der Waals surface area (Å²) in [5.41, 5.74) is 0. The third-order valence-electron chi connectivity index (χ3n) is 1.99. The minimum Gasteiger partial charge on any atom is -0.302 e. The van der Waals surface area contributed by atoms with Crippen molar-refractivity contribution in [1.29, 1.82) is 0 Å². The van der Waals surface area contributed by atoms with Crippen molar-refractivity contribution in [2.45, 2.75) is 20.3 Å². The molecule has 1 unspecified atom stereocenters. The van der Waals surface area contributed by atoms with Crippen molar-refractivity contribution < 1.29 is 0 Å². The Morgan fingerprint density at radius 1 is 1.42 bits per heavy atom. The minimum atomic E-state index is 0.622. The highest BCUT2D eigenvalue weighted by Gasteiger charge is 2.01. The lowest BCUT2D eigenvalue weighted by molar-refractivity contribution is 0.307. The summed E-state index contributed by atoms with van der Waals surface area (Å²) in [4.78, 5) is 2.32. The van der Waals surface area contributed by atoms with E-state index in [0.717, 1.165) is 12.5 Å². The number of allylic oxidation sites excluding steroid dienone is 1. The number of likely N-dealkylation sites (N-methyl/N-ethyl adjacent to an activating group) is 1. The van der Waals surface area contributed by atoms with Gasteiger partial charge < -0.3 is 4.90 Å². The molecule has 0 saturated heterocycles. The third-order valence-corrected chi connectivity index (χ3v) is 2.17. The molecule has 0 rings (SSSR count). The van der Waals surface area contributed by atoms with Gasteiger partial charge in [0.1, 0.15) is 0 Å². The van der Waals surface area contributed by atoms with Gasteiger partial charge in [-0.15, -0.1) is 11.6 Å². The Balaban J connectivity index is 3.45. The maximum Gasteiger partial charge on any atom is 0.0404 e. The zero-order chi connectivity index (χ0) is 9.40. The van der Waals surface area contributed by atoms with Crippen LogP contribution in [0.5, 0.6) is 0 Å².